The molecule has 546 valence electrons. The number of ether oxygens (including phenoxy) is 4. The number of esters is 4. The summed E-state index contributed by atoms with van der Waals surface area (Å²) in [5.74, 6) is 0.861. The van der Waals surface area contributed by atoms with Crippen LogP contribution in [0.1, 0.15) is 364 Å². The number of rotatable bonds is 70. The van der Waals surface area contributed by atoms with Crippen molar-refractivity contribution >= 4 is 39.5 Å². The lowest BCUT2D eigenvalue weighted by molar-refractivity contribution is -0.161. The maximum absolute atomic E-state index is 13.1. The lowest BCUT2D eigenvalue weighted by Gasteiger charge is -2.21. The van der Waals surface area contributed by atoms with Crippen LogP contribution < -0.4 is 0 Å². The van der Waals surface area contributed by atoms with Crippen molar-refractivity contribution < 1.29 is 80.2 Å². The number of aliphatic hydroxyl groups is 1. The molecule has 92 heavy (non-hydrogen) atoms. The minimum absolute atomic E-state index is 0.103. The zero-order valence-electron chi connectivity index (χ0n) is 60.2. The SMILES string of the molecule is CC(C)CCCCCCCCCCCCCCCCC(=O)O[C@H](COC(=O)CCCCCCCCCCCCCC(C)C)COP(=O)(O)OCC(O)COP(=O)(O)OC[C@@H](COC(=O)CCCCCCCCCCC(C)C)OC(=O)CCCCCCCCCC(C)C. The molecule has 3 unspecified atom stereocenters. The van der Waals surface area contributed by atoms with Gasteiger partial charge in [0.25, 0.3) is 0 Å². The van der Waals surface area contributed by atoms with Gasteiger partial charge in [-0.1, -0.05) is 312 Å². The molecule has 0 heterocycles. The number of carbonyl (C=O) groups is 4. The average molecular weight is 1350 g/mol. The molecule has 0 aliphatic rings. The molecule has 0 radical (unpaired) electrons. The van der Waals surface area contributed by atoms with E-state index < -0.39 is 97.5 Å². The first-order valence-electron chi connectivity index (χ1n) is 37.7. The van der Waals surface area contributed by atoms with Gasteiger partial charge in [0.15, 0.2) is 12.2 Å². The molecule has 0 aromatic carbocycles. The Morgan fingerprint density at radius 2 is 0.457 bits per heavy atom. The topological polar surface area (TPSA) is 237 Å². The third-order valence-corrected chi connectivity index (χ3v) is 18.7. The van der Waals surface area contributed by atoms with Crippen molar-refractivity contribution in [2.75, 3.05) is 39.6 Å². The Bertz CT molecular complexity index is 1820. The molecule has 0 saturated carbocycles. The maximum Gasteiger partial charge on any atom is 0.472 e. The normalized spacial score (nSPS) is 14.2. The van der Waals surface area contributed by atoms with E-state index in [1.165, 1.54) is 167 Å². The molecule has 0 aliphatic carbocycles. The number of phosphoric acid groups is 2. The second-order valence-corrected chi connectivity index (χ2v) is 31.1. The Balaban J connectivity index is 5.24. The van der Waals surface area contributed by atoms with Crippen LogP contribution >= 0.6 is 15.6 Å². The predicted octanol–water partition coefficient (Wildman–Crippen LogP) is 20.9. The van der Waals surface area contributed by atoms with Gasteiger partial charge in [0.05, 0.1) is 26.4 Å². The van der Waals surface area contributed by atoms with Crippen LogP contribution in [-0.4, -0.2) is 96.7 Å². The van der Waals surface area contributed by atoms with Crippen molar-refractivity contribution in [2.45, 2.75) is 382 Å². The second-order valence-electron chi connectivity index (χ2n) is 28.2. The van der Waals surface area contributed by atoms with Crippen molar-refractivity contribution in [3.8, 4) is 0 Å². The second kappa shape index (κ2) is 62.6. The molecule has 3 N–H and O–H groups in total. The van der Waals surface area contributed by atoms with E-state index in [4.69, 9.17) is 37.0 Å². The summed E-state index contributed by atoms with van der Waals surface area (Å²) < 4.78 is 68.4. The van der Waals surface area contributed by atoms with Gasteiger partial charge in [-0.15, -0.1) is 0 Å². The highest BCUT2D eigenvalue weighted by molar-refractivity contribution is 7.47. The van der Waals surface area contributed by atoms with E-state index in [1.54, 1.807) is 0 Å². The Kier molecular flexibility index (Phi) is 61.3. The zero-order valence-corrected chi connectivity index (χ0v) is 62.0. The van der Waals surface area contributed by atoms with Crippen molar-refractivity contribution in [1.29, 1.82) is 0 Å². The van der Waals surface area contributed by atoms with Gasteiger partial charge >= 0.3 is 39.5 Å². The number of unbranched alkanes of at least 4 members (excludes halogenated alkanes) is 36. The highest BCUT2D eigenvalue weighted by Crippen LogP contribution is 2.45. The predicted molar refractivity (Wildman–Crippen MR) is 372 cm³/mol. The number of hydrogen-bond acceptors (Lipinski definition) is 15. The first kappa shape index (κ1) is 90.1. The molecule has 0 aromatic heterocycles. The van der Waals surface area contributed by atoms with Gasteiger partial charge in [0.1, 0.15) is 19.3 Å². The summed E-state index contributed by atoms with van der Waals surface area (Å²) in [6.07, 6.45) is 45.9. The molecular formula is C73H142O17P2. The Morgan fingerprint density at radius 3 is 0.674 bits per heavy atom. The van der Waals surface area contributed by atoms with Crippen molar-refractivity contribution in [2.24, 2.45) is 23.7 Å². The van der Waals surface area contributed by atoms with Gasteiger partial charge in [-0.05, 0) is 49.4 Å². The lowest BCUT2D eigenvalue weighted by atomic mass is 10.0. The highest BCUT2D eigenvalue weighted by atomic mass is 31.2. The molecule has 0 bridgehead atoms. The minimum atomic E-state index is -4.96. The van der Waals surface area contributed by atoms with Gasteiger partial charge in [0.2, 0.25) is 0 Å². The van der Waals surface area contributed by atoms with Crippen LogP contribution in [0.15, 0.2) is 0 Å². The first-order valence-corrected chi connectivity index (χ1v) is 40.7. The smallest absolute Gasteiger partial charge is 0.462 e. The fourth-order valence-electron chi connectivity index (χ4n) is 11.0. The van der Waals surface area contributed by atoms with Crippen LogP contribution in [0.5, 0.6) is 0 Å². The molecule has 0 spiro atoms. The zero-order chi connectivity index (χ0) is 68.2. The van der Waals surface area contributed by atoms with Crippen LogP contribution in [-0.2, 0) is 65.4 Å². The summed E-state index contributed by atoms with van der Waals surface area (Å²) >= 11 is 0. The molecule has 0 amide bonds. The monoisotopic (exact) mass is 1350 g/mol. The van der Waals surface area contributed by atoms with Crippen molar-refractivity contribution in [3.63, 3.8) is 0 Å². The summed E-state index contributed by atoms with van der Waals surface area (Å²) in [5, 5.41) is 10.6. The Hall–Kier alpha value is -1.94. The fraction of sp³-hybridized carbons (Fsp3) is 0.945. The third-order valence-electron chi connectivity index (χ3n) is 16.8. The van der Waals surface area contributed by atoms with Crippen molar-refractivity contribution in [1.82, 2.24) is 0 Å². The summed E-state index contributed by atoms with van der Waals surface area (Å²) in [5.41, 5.74) is 0. The first-order chi connectivity index (χ1) is 44.1. The average Bonchev–Trinajstić information content (AvgIpc) is 2.15. The number of phosphoric ester groups is 2. The molecule has 0 saturated heterocycles. The number of hydrogen-bond donors (Lipinski definition) is 3. The van der Waals surface area contributed by atoms with Gasteiger partial charge in [-0.2, -0.15) is 0 Å². The standard InChI is InChI=1S/C73H142O17P2/c1-63(2)49-41-33-25-18-14-11-9-10-12-16-21-31-39-47-55-72(77)89-68(59-83-70(75)53-45-37-29-20-17-13-15-19-26-34-42-50-64(3)4)61-87-91(79,80)85-57-67(74)58-86-92(81,82)88-62-69(90-73(78)56-48-40-32-24-28-36-44-52-66(7)8)60-84-71(76)54-46-38-30-23-22-27-35-43-51-65(5)6/h63-69,74H,9-62H2,1-8H3,(H,79,80)(H,81,82)/t67?,68-,69-/m1/s1. The summed E-state index contributed by atoms with van der Waals surface area (Å²) in [4.78, 5) is 72.6. The van der Waals surface area contributed by atoms with Crippen LogP contribution in [0, 0.1) is 23.7 Å². The Morgan fingerprint density at radius 1 is 0.272 bits per heavy atom. The van der Waals surface area contributed by atoms with E-state index in [2.05, 4.69) is 55.4 Å². The molecule has 19 heteroatoms. The minimum Gasteiger partial charge on any atom is -0.462 e. The maximum atomic E-state index is 13.1. The Labute approximate surface area is 562 Å². The molecule has 0 fully saturated rings. The fourth-order valence-corrected chi connectivity index (χ4v) is 12.6. The molecule has 0 rings (SSSR count). The lowest BCUT2D eigenvalue weighted by Crippen LogP contribution is -2.30. The molecule has 17 nitrogen and oxygen atoms in total. The largest absolute Gasteiger partial charge is 0.472 e. The molecule has 0 aromatic rings. The summed E-state index contributed by atoms with van der Waals surface area (Å²) in [6, 6.07) is 0. The van der Waals surface area contributed by atoms with E-state index in [1.807, 2.05) is 0 Å². The third kappa shape index (κ3) is 66.7. The number of aliphatic hydroxyl groups excluding tert-OH is 1. The van der Waals surface area contributed by atoms with Crippen molar-refractivity contribution in [3.05, 3.63) is 0 Å². The van der Waals surface area contributed by atoms with Crippen LogP contribution in [0.25, 0.3) is 0 Å². The molecular weight excluding hydrogens is 1210 g/mol. The summed E-state index contributed by atoms with van der Waals surface area (Å²) in [7, 11) is -9.91. The quantitative estimate of drug-likeness (QED) is 0.0222. The molecule has 5 atom stereocenters. The van der Waals surface area contributed by atoms with Crippen LogP contribution in [0.4, 0.5) is 0 Å². The summed E-state index contributed by atoms with van der Waals surface area (Å²) in [6.45, 7) is 14.1. The van der Waals surface area contributed by atoms with Gasteiger partial charge < -0.3 is 33.8 Å². The van der Waals surface area contributed by atoms with Crippen LogP contribution in [0.3, 0.4) is 0 Å². The van der Waals surface area contributed by atoms with Crippen LogP contribution in [0.2, 0.25) is 0 Å². The van der Waals surface area contributed by atoms with Gasteiger partial charge in [-0.25, -0.2) is 9.13 Å². The highest BCUT2D eigenvalue weighted by Gasteiger charge is 2.30. The van der Waals surface area contributed by atoms with E-state index in [9.17, 15) is 43.2 Å². The number of carbonyl (C=O) groups excluding carboxylic acids is 4. The van der Waals surface area contributed by atoms with E-state index >= 15 is 0 Å². The molecule has 0 aliphatic heterocycles. The van der Waals surface area contributed by atoms with Gasteiger partial charge in [-0.3, -0.25) is 37.3 Å². The van der Waals surface area contributed by atoms with E-state index in [0.717, 1.165) is 108 Å². The van der Waals surface area contributed by atoms with Gasteiger partial charge in [0, 0.05) is 25.7 Å². The van der Waals surface area contributed by atoms with E-state index in [-0.39, 0.29) is 25.7 Å². The van der Waals surface area contributed by atoms with E-state index in [0.29, 0.717) is 31.6 Å².